The minimum absolute atomic E-state index is 0.0885. The van der Waals surface area contributed by atoms with Crippen molar-refractivity contribution in [3.8, 4) is 0 Å². The highest BCUT2D eigenvalue weighted by atomic mass is 32.2. The summed E-state index contributed by atoms with van der Waals surface area (Å²) in [6.45, 7) is 2.25. The molecule has 1 aliphatic heterocycles. The number of hydrogen-bond donors (Lipinski definition) is 2. The summed E-state index contributed by atoms with van der Waals surface area (Å²) >= 11 is 1.09. The number of amides is 4. The quantitative estimate of drug-likeness (QED) is 0.426. The van der Waals surface area contributed by atoms with Crippen molar-refractivity contribution in [3.63, 3.8) is 0 Å². The van der Waals surface area contributed by atoms with Crippen LogP contribution in [-0.2, 0) is 16.1 Å². The molecule has 1 saturated carbocycles. The summed E-state index contributed by atoms with van der Waals surface area (Å²) in [6.07, 6.45) is 3.94. The Morgan fingerprint density at radius 3 is 2.67 bits per heavy atom. The maximum absolute atomic E-state index is 12.8. The average molecular weight is 430 g/mol. The van der Waals surface area contributed by atoms with Crippen LogP contribution in [0.4, 0.5) is 4.79 Å². The van der Waals surface area contributed by atoms with Gasteiger partial charge < -0.3 is 5.32 Å². The third kappa shape index (κ3) is 3.55. The molecule has 2 heterocycles. The van der Waals surface area contributed by atoms with Crippen molar-refractivity contribution in [2.45, 2.75) is 56.3 Å². The summed E-state index contributed by atoms with van der Waals surface area (Å²) < 4.78 is 1.50. The van der Waals surface area contributed by atoms with Gasteiger partial charge in [0.2, 0.25) is 5.91 Å². The van der Waals surface area contributed by atoms with E-state index in [1.54, 1.807) is 24.3 Å². The molecule has 2 fully saturated rings. The van der Waals surface area contributed by atoms with E-state index in [0.717, 1.165) is 36.0 Å². The minimum atomic E-state index is -0.891. The first-order valence-corrected chi connectivity index (χ1v) is 11.0. The first kappa shape index (κ1) is 20.4. The number of hydrazine groups is 1. The molecule has 1 aromatic carbocycles. The molecule has 4 amide bonds. The molecule has 0 bridgehead atoms. The molecular weight excluding hydrogens is 406 g/mol. The van der Waals surface area contributed by atoms with Crippen molar-refractivity contribution in [1.82, 2.24) is 25.3 Å². The first-order valence-electron chi connectivity index (χ1n) is 10.0. The molecular formula is C20H23N5O4S. The van der Waals surface area contributed by atoms with Gasteiger partial charge in [-0.2, -0.15) is 5.01 Å². The molecule has 4 rings (SSSR count). The highest BCUT2D eigenvalue weighted by Crippen LogP contribution is 2.33. The van der Waals surface area contributed by atoms with Crippen LogP contribution in [0.2, 0.25) is 0 Å². The third-order valence-electron chi connectivity index (χ3n) is 5.58. The van der Waals surface area contributed by atoms with E-state index in [0.29, 0.717) is 35.4 Å². The monoisotopic (exact) mass is 429 g/mol. The number of para-hydroxylation sites is 1. The molecule has 1 spiro atoms. The van der Waals surface area contributed by atoms with Gasteiger partial charge in [0, 0.05) is 6.54 Å². The second-order valence-corrected chi connectivity index (χ2v) is 8.44. The number of carbonyl (C=O) groups is 3. The summed E-state index contributed by atoms with van der Waals surface area (Å²) in [5.41, 5.74) is 1.91. The number of benzene rings is 1. The zero-order chi connectivity index (χ0) is 21.3. The predicted molar refractivity (Wildman–Crippen MR) is 112 cm³/mol. The Morgan fingerprint density at radius 2 is 1.93 bits per heavy atom. The highest BCUT2D eigenvalue weighted by molar-refractivity contribution is 7.99. The Balaban J connectivity index is 1.46. The van der Waals surface area contributed by atoms with Crippen molar-refractivity contribution in [1.29, 1.82) is 0 Å². The van der Waals surface area contributed by atoms with Crippen molar-refractivity contribution < 1.29 is 14.4 Å². The van der Waals surface area contributed by atoms with Gasteiger partial charge in [-0.05, 0) is 31.9 Å². The van der Waals surface area contributed by atoms with E-state index in [-0.39, 0.29) is 11.3 Å². The molecule has 9 nitrogen and oxygen atoms in total. The third-order valence-corrected chi connectivity index (χ3v) is 6.56. The molecule has 0 unspecified atom stereocenters. The van der Waals surface area contributed by atoms with Crippen LogP contribution < -0.4 is 16.3 Å². The van der Waals surface area contributed by atoms with Crippen molar-refractivity contribution in [2.24, 2.45) is 0 Å². The van der Waals surface area contributed by atoms with Crippen LogP contribution in [0.1, 0.15) is 39.0 Å². The molecule has 1 saturated heterocycles. The summed E-state index contributed by atoms with van der Waals surface area (Å²) in [7, 11) is 0. The van der Waals surface area contributed by atoms with E-state index in [1.807, 2.05) is 6.92 Å². The number of rotatable bonds is 5. The second kappa shape index (κ2) is 8.10. The number of thioether (sulfide) groups is 1. The summed E-state index contributed by atoms with van der Waals surface area (Å²) in [5, 5.41) is 4.47. The van der Waals surface area contributed by atoms with E-state index in [1.165, 1.54) is 4.57 Å². The highest BCUT2D eigenvalue weighted by Gasteiger charge is 2.52. The first-order chi connectivity index (χ1) is 14.4. The van der Waals surface area contributed by atoms with Crippen LogP contribution in [0.15, 0.2) is 34.2 Å². The fourth-order valence-electron chi connectivity index (χ4n) is 4.04. The molecule has 30 heavy (non-hydrogen) atoms. The molecule has 1 aliphatic carbocycles. The molecule has 2 N–H and O–H groups in total. The van der Waals surface area contributed by atoms with Crippen LogP contribution >= 0.6 is 11.8 Å². The Morgan fingerprint density at radius 1 is 1.20 bits per heavy atom. The Bertz CT molecular complexity index is 1080. The van der Waals surface area contributed by atoms with Gasteiger partial charge in [-0.25, -0.2) is 9.78 Å². The van der Waals surface area contributed by atoms with Gasteiger partial charge >= 0.3 is 6.03 Å². The summed E-state index contributed by atoms with van der Waals surface area (Å²) in [6, 6.07) is 6.44. The van der Waals surface area contributed by atoms with Gasteiger partial charge in [0.15, 0.2) is 5.16 Å². The molecule has 10 heteroatoms. The van der Waals surface area contributed by atoms with E-state index < -0.39 is 23.4 Å². The average Bonchev–Trinajstić information content (AvgIpc) is 2.96. The van der Waals surface area contributed by atoms with Crippen LogP contribution in [0.3, 0.4) is 0 Å². The maximum atomic E-state index is 12.8. The van der Waals surface area contributed by atoms with Crippen molar-refractivity contribution >= 4 is 40.5 Å². The van der Waals surface area contributed by atoms with E-state index in [2.05, 4.69) is 15.7 Å². The number of hydrogen-bond acceptors (Lipinski definition) is 6. The number of urea groups is 1. The fourth-order valence-corrected chi connectivity index (χ4v) is 4.90. The number of nitrogens with zero attached hydrogens (tertiary/aromatic N) is 3. The predicted octanol–water partition coefficient (Wildman–Crippen LogP) is 1.79. The van der Waals surface area contributed by atoms with Gasteiger partial charge in [-0.15, -0.1) is 0 Å². The SMILES string of the molecule is CCn1c(SCC(=O)NN2C(=O)NC3(CCCCC3)C2=O)nc2ccccc2c1=O. The van der Waals surface area contributed by atoms with E-state index >= 15 is 0 Å². The Labute approximate surface area is 177 Å². The zero-order valence-corrected chi connectivity index (χ0v) is 17.5. The molecule has 158 valence electrons. The van der Waals surface area contributed by atoms with E-state index in [4.69, 9.17) is 0 Å². The van der Waals surface area contributed by atoms with Crippen molar-refractivity contribution in [2.75, 3.05) is 5.75 Å². The molecule has 2 aliphatic rings. The molecule has 0 atom stereocenters. The normalized spacial score (nSPS) is 18.1. The van der Waals surface area contributed by atoms with Gasteiger partial charge in [0.25, 0.3) is 11.5 Å². The lowest BCUT2D eigenvalue weighted by atomic mass is 9.82. The molecule has 2 aromatic rings. The Hall–Kier alpha value is -2.88. The second-order valence-electron chi connectivity index (χ2n) is 7.50. The van der Waals surface area contributed by atoms with Crippen LogP contribution in [0, 0.1) is 0 Å². The lowest BCUT2D eigenvalue weighted by Crippen LogP contribution is -2.51. The summed E-state index contributed by atoms with van der Waals surface area (Å²) in [4.78, 5) is 54.7. The number of carbonyl (C=O) groups excluding carboxylic acids is 3. The van der Waals surface area contributed by atoms with E-state index in [9.17, 15) is 19.2 Å². The number of imide groups is 1. The number of fused-ring (bicyclic) bond motifs is 1. The van der Waals surface area contributed by atoms with Gasteiger partial charge in [0.1, 0.15) is 5.54 Å². The summed E-state index contributed by atoms with van der Waals surface area (Å²) in [5.74, 6) is -1.00. The van der Waals surface area contributed by atoms with Crippen LogP contribution in [0.25, 0.3) is 10.9 Å². The van der Waals surface area contributed by atoms with Gasteiger partial charge in [-0.3, -0.25) is 24.4 Å². The lowest BCUT2D eigenvalue weighted by Gasteiger charge is -2.30. The minimum Gasteiger partial charge on any atom is -0.322 e. The van der Waals surface area contributed by atoms with Crippen molar-refractivity contribution in [3.05, 3.63) is 34.6 Å². The molecule has 1 aromatic heterocycles. The van der Waals surface area contributed by atoms with Gasteiger partial charge in [0.05, 0.1) is 16.7 Å². The van der Waals surface area contributed by atoms with Crippen LogP contribution in [0.5, 0.6) is 0 Å². The lowest BCUT2D eigenvalue weighted by molar-refractivity contribution is -0.139. The zero-order valence-electron chi connectivity index (χ0n) is 16.6. The standard InChI is InChI=1S/C20H23N5O4S/c1-2-24-16(27)13-8-4-5-9-14(13)21-19(24)30-12-15(26)23-25-17(28)20(22-18(25)29)10-6-3-7-11-20/h4-5,8-9H,2-3,6-7,10-12H2,1H3,(H,22,29)(H,23,26). The van der Waals surface area contributed by atoms with Gasteiger partial charge in [-0.1, -0.05) is 43.2 Å². The topological polar surface area (TPSA) is 113 Å². The Kier molecular flexibility index (Phi) is 5.50. The molecule has 0 radical (unpaired) electrons. The maximum Gasteiger partial charge on any atom is 0.344 e. The number of nitrogens with one attached hydrogen (secondary N) is 2. The fraction of sp³-hybridized carbons (Fsp3) is 0.450. The largest absolute Gasteiger partial charge is 0.344 e. The number of aromatic nitrogens is 2. The van der Waals surface area contributed by atoms with Crippen LogP contribution in [-0.4, -0.2) is 43.7 Å². The smallest absolute Gasteiger partial charge is 0.322 e.